The third kappa shape index (κ3) is 4.58. The number of alkyl halides is 3. The number of rotatable bonds is 5. The number of carbonyl (C=O) groups excluding carboxylic acids is 1. The minimum Gasteiger partial charge on any atom is -0.493 e. The van der Waals surface area contributed by atoms with Gasteiger partial charge in [0, 0.05) is 0 Å². The van der Waals surface area contributed by atoms with E-state index in [4.69, 9.17) is 4.74 Å². The Hall–Kier alpha value is -1.52. The summed E-state index contributed by atoms with van der Waals surface area (Å²) in [5.74, 6) is -1.49. The maximum absolute atomic E-state index is 12.5. The minimum absolute atomic E-state index is 0.00595. The van der Waals surface area contributed by atoms with E-state index in [2.05, 4.69) is 0 Å². The van der Waals surface area contributed by atoms with Gasteiger partial charge in [-0.3, -0.25) is 4.79 Å². The molecule has 0 saturated carbocycles. The number of benzene rings is 1. The SMILES string of the molecule is Cc1ccc(OCCC(C)C)c(C(=O)C(F)(F)F)c1. The van der Waals surface area contributed by atoms with Gasteiger partial charge in [-0.25, -0.2) is 0 Å². The second-order valence-electron chi connectivity index (χ2n) is 4.86. The highest BCUT2D eigenvalue weighted by Gasteiger charge is 2.40. The molecule has 1 aromatic carbocycles. The van der Waals surface area contributed by atoms with Crippen LogP contribution < -0.4 is 4.74 Å². The van der Waals surface area contributed by atoms with E-state index in [1.165, 1.54) is 12.1 Å². The van der Waals surface area contributed by atoms with Crippen molar-refractivity contribution >= 4 is 5.78 Å². The smallest absolute Gasteiger partial charge is 0.455 e. The quantitative estimate of drug-likeness (QED) is 0.753. The Morgan fingerprint density at radius 1 is 1.32 bits per heavy atom. The van der Waals surface area contributed by atoms with Gasteiger partial charge in [-0.1, -0.05) is 25.5 Å². The van der Waals surface area contributed by atoms with Crippen LogP contribution >= 0.6 is 0 Å². The van der Waals surface area contributed by atoms with E-state index in [1.54, 1.807) is 13.0 Å². The second kappa shape index (κ2) is 6.08. The molecule has 0 N–H and O–H groups in total. The molecule has 1 aromatic rings. The van der Waals surface area contributed by atoms with E-state index in [0.29, 0.717) is 24.5 Å². The van der Waals surface area contributed by atoms with Gasteiger partial charge in [-0.05, 0) is 31.4 Å². The number of aryl methyl sites for hydroxylation is 1. The van der Waals surface area contributed by atoms with Gasteiger partial charge >= 0.3 is 6.18 Å². The van der Waals surface area contributed by atoms with Crippen molar-refractivity contribution in [1.82, 2.24) is 0 Å². The van der Waals surface area contributed by atoms with Crippen molar-refractivity contribution in [2.75, 3.05) is 6.61 Å². The number of halogens is 3. The lowest BCUT2D eigenvalue weighted by Gasteiger charge is -2.13. The normalized spacial score (nSPS) is 11.7. The molecule has 0 saturated heterocycles. The van der Waals surface area contributed by atoms with Crippen molar-refractivity contribution in [2.45, 2.75) is 33.4 Å². The van der Waals surface area contributed by atoms with Crippen LogP contribution in [0.25, 0.3) is 0 Å². The van der Waals surface area contributed by atoms with E-state index in [9.17, 15) is 18.0 Å². The molecule has 0 radical (unpaired) electrons. The summed E-state index contributed by atoms with van der Waals surface area (Å²) in [6.07, 6.45) is -4.17. The molecule has 1 rings (SSSR count). The summed E-state index contributed by atoms with van der Waals surface area (Å²) >= 11 is 0. The predicted octanol–water partition coefficient (Wildman–Crippen LogP) is 4.16. The number of Topliss-reactive ketones (excluding diaryl/α,β-unsaturated/α-hetero) is 1. The van der Waals surface area contributed by atoms with Gasteiger partial charge in [0.15, 0.2) is 0 Å². The largest absolute Gasteiger partial charge is 0.493 e. The Morgan fingerprint density at radius 3 is 2.47 bits per heavy atom. The highest BCUT2D eigenvalue weighted by molar-refractivity contribution is 6.02. The highest BCUT2D eigenvalue weighted by Crippen LogP contribution is 2.28. The van der Waals surface area contributed by atoms with E-state index in [0.717, 1.165) is 0 Å². The first-order valence-electron chi connectivity index (χ1n) is 6.06. The van der Waals surface area contributed by atoms with Crippen LogP contribution in [0.4, 0.5) is 13.2 Å². The molecule has 0 bridgehead atoms. The number of carbonyl (C=O) groups is 1. The molecule has 0 aliphatic carbocycles. The number of hydrogen-bond donors (Lipinski definition) is 0. The molecule has 0 aromatic heterocycles. The van der Waals surface area contributed by atoms with Gasteiger partial charge in [0.25, 0.3) is 5.78 Å². The summed E-state index contributed by atoms with van der Waals surface area (Å²) < 4.78 is 42.8. The summed E-state index contributed by atoms with van der Waals surface area (Å²) in [7, 11) is 0. The lowest BCUT2D eigenvalue weighted by atomic mass is 10.1. The molecule has 5 heteroatoms. The zero-order chi connectivity index (χ0) is 14.6. The van der Waals surface area contributed by atoms with Crippen molar-refractivity contribution in [3.63, 3.8) is 0 Å². The lowest BCUT2D eigenvalue weighted by Crippen LogP contribution is -2.23. The van der Waals surface area contributed by atoms with Crippen LogP contribution in [-0.4, -0.2) is 18.6 Å². The average Bonchev–Trinajstić information content (AvgIpc) is 2.28. The van der Waals surface area contributed by atoms with Gasteiger partial charge in [-0.15, -0.1) is 0 Å². The van der Waals surface area contributed by atoms with Crippen molar-refractivity contribution < 1.29 is 22.7 Å². The second-order valence-corrected chi connectivity index (χ2v) is 4.86. The van der Waals surface area contributed by atoms with Crippen LogP contribution in [0.15, 0.2) is 18.2 Å². The molecule has 0 atom stereocenters. The van der Waals surface area contributed by atoms with Crippen LogP contribution in [0.3, 0.4) is 0 Å². The first kappa shape index (κ1) is 15.5. The molecule has 2 nitrogen and oxygen atoms in total. The van der Waals surface area contributed by atoms with Gasteiger partial charge in [0.1, 0.15) is 5.75 Å². The molecule has 0 unspecified atom stereocenters. The molecule has 0 heterocycles. The maximum atomic E-state index is 12.5. The van der Waals surface area contributed by atoms with Crippen molar-refractivity contribution in [2.24, 2.45) is 5.92 Å². The van der Waals surface area contributed by atoms with Crippen molar-refractivity contribution in [3.05, 3.63) is 29.3 Å². The van der Waals surface area contributed by atoms with Gasteiger partial charge in [0.05, 0.1) is 12.2 Å². The molecular formula is C14H17F3O2. The van der Waals surface area contributed by atoms with E-state index >= 15 is 0 Å². The number of hydrogen-bond acceptors (Lipinski definition) is 2. The molecule has 0 amide bonds. The Morgan fingerprint density at radius 2 is 1.95 bits per heavy atom. The van der Waals surface area contributed by atoms with Crippen LogP contribution in [0.1, 0.15) is 36.2 Å². The summed E-state index contributed by atoms with van der Waals surface area (Å²) in [6.45, 7) is 5.89. The maximum Gasteiger partial charge on any atom is 0.455 e. The fourth-order valence-electron chi connectivity index (χ4n) is 1.50. The van der Waals surface area contributed by atoms with E-state index < -0.39 is 17.5 Å². The Balaban J connectivity index is 2.95. The Bertz CT molecular complexity index is 450. The van der Waals surface area contributed by atoms with Gasteiger partial charge < -0.3 is 4.74 Å². The standard InChI is InChI=1S/C14H17F3O2/c1-9(2)6-7-19-12-5-4-10(3)8-11(12)13(18)14(15,16)17/h4-5,8-9H,6-7H2,1-3H3. The van der Waals surface area contributed by atoms with Gasteiger partial charge in [0.2, 0.25) is 0 Å². The average molecular weight is 274 g/mol. The lowest BCUT2D eigenvalue weighted by molar-refractivity contribution is -0.0886. The molecule has 106 valence electrons. The summed E-state index contributed by atoms with van der Waals surface area (Å²) in [4.78, 5) is 11.3. The molecule has 0 aliphatic heterocycles. The van der Waals surface area contributed by atoms with E-state index in [1.807, 2.05) is 13.8 Å². The summed E-state index contributed by atoms with van der Waals surface area (Å²) in [5.41, 5.74) is 0.167. The molecular weight excluding hydrogens is 257 g/mol. The van der Waals surface area contributed by atoms with Crippen LogP contribution in [0.2, 0.25) is 0 Å². The Kier molecular flexibility index (Phi) is 4.97. The monoisotopic (exact) mass is 274 g/mol. The predicted molar refractivity (Wildman–Crippen MR) is 66.5 cm³/mol. The van der Waals surface area contributed by atoms with Crippen LogP contribution in [-0.2, 0) is 0 Å². The van der Waals surface area contributed by atoms with Crippen LogP contribution in [0.5, 0.6) is 5.75 Å². The topological polar surface area (TPSA) is 26.3 Å². The third-order valence-corrected chi connectivity index (χ3v) is 2.59. The minimum atomic E-state index is -4.88. The Labute approximate surface area is 110 Å². The molecule has 0 aliphatic rings. The fourth-order valence-corrected chi connectivity index (χ4v) is 1.50. The summed E-state index contributed by atoms with van der Waals surface area (Å²) in [5, 5.41) is 0. The third-order valence-electron chi connectivity index (χ3n) is 2.59. The van der Waals surface area contributed by atoms with E-state index in [-0.39, 0.29) is 5.75 Å². The summed E-state index contributed by atoms with van der Waals surface area (Å²) in [6, 6.07) is 4.24. The van der Waals surface area contributed by atoms with Crippen molar-refractivity contribution in [1.29, 1.82) is 0 Å². The zero-order valence-corrected chi connectivity index (χ0v) is 11.2. The first-order chi connectivity index (χ1) is 8.71. The van der Waals surface area contributed by atoms with Gasteiger partial charge in [-0.2, -0.15) is 13.2 Å². The van der Waals surface area contributed by atoms with Crippen molar-refractivity contribution in [3.8, 4) is 5.75 Å². The van der Waals surface area contributed by atoms with Crippen LogP contribution in [0, 0.1) is 12.8 Å². The highest BCUT2D eigenvalue weighted by atomic mass is 19.4. The molecule has 0 fully saturated rings. The first-order valence-corrected chi connectivity index (χ1v) is 6.06. The number of ketones is 1. The molecule has 0 spiro atoms. The fraction of sp³-hybridized carbons (Fsp3) is 0.500. The zero-order valence-electron chi connectivity index (χ0n) is 11.2. The number of ether oxygens (including phenoxy) is 1. The molecule has 19 heavy (non-hydrogen) atoms.